The third kappa shape index (κ3) is 5.71. The lowest BCUT2D eigenvalue weighted by molar-refractivity contribution is -0.132. The second kappa shape index (κ2) is 10.6. The minimum absolute atomic E-state index is 0.0580. The van der Waals surface area contributed by atoms with Crippen molar-refractivity contribution in [3.8, 4) is 0 Å². The summed E-state index contributed by atoms with van der Waals surface area (Å²) in [7, 11) is 0. The molecule has 0 spiro atoms. The van der Waals surface area contributed by atoms with E-state index in [2.05, 4.69) is 0 Å². The number of rotatable bonds is 8. The van der Waals surface area contributed by atoms with E-state index in [1.165, 1.54) is 0 Å². The second-order valence-corrected chi connectivity index (χ2v) is 8.22. The van der Waals surface area contributed by atoms with Gasteiger partial charge in [0, 0.05) is 12.3 Å². The molecule has 6 heteroatoms. The fourth-order valence-electron chi connectivity index (χ4n) is 4.41. The number of piperidine rings is 1. The van der Waals surface area contributed by atoms with Gasteiger partial charge in [-0.05, 0) is 24.0 Å². The Morgan fingerprint density at radius 3 is 2.06 bits per heavy atom. The van der Waals surface area contributed by atoms with Crippen molar-refractivity contribution < 1.29 is 23.8 Å². The number of hydrogen-bond acceptors (Lipinski definition) is 5. The molecule has 2 aromatic rings. The monoisotopic (exact) mass is 423 g/mol. The van der Waals surface area contributed by atoms with Crippen molar-refractivity contribution in [2.45, 2.75) is 44.6 Å². The predicted molar refractivity (Wildman–Crippen MR) is 115 cm³/mol. The molecule has 0 radical (unpaired) electrons. The summed E-state index contributed by atoms with van der Waals surface area (Å²) in [5, 5.41) is 0. The molecule has 2 unspecified atom stereocenters. The van der Waals surface area contributed by atoms with Crippen LogP contribution in [0.3, 0.4) is 0 Å². The molecule has 2 atom stereocenters. The summed E-state index contributed by atoms with van der Waals surface area (Å²) in [6.07, 6.45) is 1.32. The predicted octanol–water partition coefficient (Wildman–Crippen LogP) is 3.98. The number of benzene rings is 2. The highest BCUT2D eigenvalue weighted by Gasteiger charge is 2.44. The van der Waals surface area contributed by atoms with Crippen molar-refractivity contribution >= 4 is 11.9 Å². The summed E-state index contributed by atoms with van der Waals surface area (Å²) in [6, 6.07) is 19.4. The standard InChI is InChI=1S/C25H29NO5/c27-24(11-12-29-15-19-7-3-1-4-8-19)21-13-22-17-30-18-23(14-21)26(22)25(28)31-16-20-9-5-2-6-10-20/h1-10,21-23H,11-18H2. The second-order valence-electron chi connectivity index (χ2n) is 8.22. The minimum atomic E-state index is -0.320. The molecular formula is C25H29NO5. The Morgan fingerprint density at radius 1 is 0.871 bits per heavy atom. The topological polar surface area (TPSA) is 65.1 Å². The number of Topliss-reactive ketones (excluding diaryl/α,β-unsaturated/α-hetero) is 1. The number of nitrogens with zero attached hydrogens (tertiary/aromatic N) is 1. The Bertz CT molecular complexity index is 843. The Hall–Kier alpha value is -2.70. The number of carbonyl (C=O) groups is 2. The van der Waals surface area contributed by atoms with Crippen LogP contribution in [0.5, 0.6) is 0 Å². The summed E-state index contributed by atoms with van der Waals surface area (Å²) >= 11 is 0. The Morgan fingerprint density at radius 2 is 1.45 bits per heavy atom. The van der Waals surface area contributed by atoms with Gasteiger partial charge in [0.05, 0.1) is 38.5 Å². The van der Waals surface area contributed by atoms with Gasteiger partial charge in [-0.15, -0.1) is 0 Å². The van der Waals surface area contributed by atoms with E-state index in [0.717, 1.165) is 11.1 Å². The van der Waals surface area contributed by atoms with Gasteiger partial charge in [0.2, 0.25) is 0 Å². The molecule has 2 bridgehead atoms. The first-order chi connectivity index (χ1) is 15.2. The van der Waals surface area contributed by atoms with Crippen molar-refractivity contribution in [3.63, 3.8) is 0 Å². The molecule has 2 fully saturated rings. The molecule has 2 aliphatic rings. The lowest BCUT2D eigenvalue weighted by atomic mass is 9.82. The quantitative estimate of drug-likeness (QED) is 0.601. The molecule has 0 N–H and O–H groups in total. The van der Waals surface area contributed by atoms with Gasteiger partial charge in [-0.2, -0.15) is 0 Å². The van der Waals surface area contributed by atoms with E-state index < -0.39 is 0 Å². The van der Waals surface area contributed by atoms with E-state index in [0.29, 0.717) is 45.7 Å². The fraction of sp³-hybridized carbons (Fsp3) is 0.440. The maximum atomic E-state index is 12.8. The first-order valence-electron chi connectivity index (χ1n) is 10.9. The van der Waals surface area contributed by atoms with Crippen LogP contribution in [0.2, 0.25) is 0 Å². The third-order valence-electron chi connectivity index (χ3n) is 6.00. The van der Waals surface area contributed by atoms with Gasteiger partial charge < -0.3 is 14.2 Å². The van der Waals surface area contributed by atoms with Gasteiger partial charge in [0.25, 0.3) is 0 Å². The molecule has 2 heterocycles. The van der Waals surface area contributed by atoms with Gasteiger partial charge >= 0.3 is 6.09 Å². The molecule has 164 valence electrons. The lowest BCUT2D eigenvalue weighted by Gasteiger charge is -2.47. The van der Waals surface area contributed by atoms with E-state index in [1.807, 2.05) is 60.7 Å². The number of morpholine rings is 1. The summed E-state index contributed by atoms with van der Waals surface area (Å²) in [6.45, 7) is 2.08. The van der Waals surface area contributed by atoms with Gasteiger partial charge in [-0.3, -0.25) is 9.69 Å². The van der Waals surface area contributed by atoms with Crippen LogP contribution in [0.1, 0.15) is 30.4 Å². The lowest BCUT2D eigenvalue weighted by Crippen LogP contribution is -2.60. The third-order valence-corrected chi connectivity index (χ3v) is 6.00. The minimum Gasteiger partial charge on any atom is -0.445 e. The summed E-state index contributed by atoms with van der Waals surface area (Å²) in [5.74, 6) is 0.152. The molecule has 2 aromatic carbocycles. The number of fused-ring (bicyclic) bond motifs is 2. The van der Waals surface area contributed by atoms with Crippen molar-refractivity contribution in [3.05, 3.63) is 71.8 Å². The molecule has 4 rings (SSSR count). The summed E-state index contributed by atoms with van der Waals surface area (Å²) in [5.41, 5.74) is 2.06. The fourth-order valence-corrected chi connectivity index (χ4v) is 4.41. The number of amides is 1. The smallest absolute Gasteiger partial charge is 0.410 e. The zero-order chi connectivity index (χ0) is 21.5. The van der Waals surface area contributed by atoms with Crippen molar-refractivity contribution in [1.82, 2.24) is 4.90 Å². The van der Waals surface area contributed by atoms with E-state index in [4.69, 9.17) is 14.2 Å². The first kappa shape index (κ1) is 21.5. The normalized spacial score (nSPS) is 22.7. The number of carbonyl (C=O) groups excluding carboxylic acids is 2. The van der Waals surface area contributed by atoms with Gasteiger partial charge in [0.1, 0.15) is 12.4 Å². The van der Waals surface area contributed by atoms with Crippen LogP contribution < -0.4 is 0 Å². The van der Waals surface area contributed by atoms with Crippen molar-refractivity contribution in [2.24, 2.45) is 5.92 Å². The maximum absolute atomic E-state index is 12.8. The SMILES string of the molecule is O=C(CCOCc1ccccc1)C1CC2COCC(C1)N2C(=O)OCc1ccccc1. The van der Waals surface area contributed by atoms with Crippen molar-refractivity contribution in [1.29, 1.82) is 0 Å². The van der Waals surface area contributed by atoms with Gasteiger partial charge in [-0.1, -0.05) is 60.7 Å². The van der Waals surface area contributed by atoms with E-state index in [1.54, 1.807) is 4.90 Å². The molecule has 2 saturated heterocycles. The van der Waals surface area contributed by atoms with E-state index >= 15 is 0 Å². The van der Waals surface area contributed by atoms with Crippen LogP contribution in [0.4, 0.5) is 4.79 Å². The molecule has 0 saturated carbocycles. The molecule has 0 aromatic heterocycles. The Balaban J connectivity index is 1.25. The summed E-state index contributed by atoms with van der Waals surface area (Å²) < 4.78 is 16.9. The van der Waals surface area contributed by atoms with E-state index in [-0.39, 0.29) is 36.5 Å². The Labute approximate surface area is 183 Å². The average Bonchev–Trinajstić information content (AvgIpc) is 2.80. The number of ether oxygens (including phenoxy) is 3. The summed E-state index contributed by atoms with van der Waals surface area (Å²) in [4.78, 5) is 27.3. The maximum Gasteiger partial charge on any atom is 0.410 e. The highest BCUT2D eigenvalue weighted by atomic mass is 16.6. The molecular weight excluding hydrogens is 394 g/mol. The van der Waals surface area contributed by atoms with Crippen LogP contribution >= 0.6 is 0 Å². The van der Waals surface area contributed by atoms with Crippen LogP contribution in [0, 0.1) is 5.92 Å². The zero-order valence-corrected chi connectivity index (χ0v) is 17.7. The highest BCUT2D eigenvalue weighted by molar-refractivity contribution is 5.81. The number of ketones is 1. The molecule has 6 nitrogen and oxygen atoms in total. The molecule has 2 aliphatic heterocycles. The Kier molecular flexibility index (Phi) is 7.33. The first-order valence-corrected chi connectivity index (χ1v) is 10.9. The van der Waals surface area contributed by atoms with Gasteiger partial charge in [-0.25, -0.2) is 4.79 Å². The average molecular weight is 424 g/mol. The highest BCUT2D eigenvalue weighted by Crippen LogP contribution is 2.33. The largest absolute Gasteiger partial charge is 0.445 e. The zero-order valence-electron chi connectivity index (χ0n) is 17.7. The molecule has 31 heavy (non-hydrogen) atoms. The van der Waals surface area contributed by atoms with Crippen LogP contribution in [0.15, 0.2) is 60.7 Å². The van der Waals surface area contributed by atoms with Crippen LogP contribution in [-0.2, 0) is 32.2 Å². The van der Waals surface area contributed by atoms with Crippen molar-refractivity contribution in [2.75, 3.05) is 19.8 Å². The number of hydrogen-bond donors (Lipinski definition) is 0. The van der Waals surface area contributed by atoms with Crippen LogP contribution in [0.25, 0.3) is 0 Å². The van der Waals surface area contributed by atoms with Gasteiger partial charge in [0.15, 0.2) is 0 Å². The van der Waals surface area contributed by atoms with Crippen LogP contribution in [-0.4, -0.2) is 48.7 Å². The molecule has 1 amide bonds. The molecule has 0 aliphatic carbocycles. The van der Waals surface area contributed by atoms with E-state index in [9.17, 15) is 9.59 Å².